The molecule has 0 aliphatic rings. The highest BCUT2D eigenvalue weighted by Gasteiger charge is 2.24. The third-order valence-corrected chi connectivity index (χ3v) is 6.11. The van der Waals surface area contributed by atoms with E-state index < -0.39 is 10.0 Å². The molecule has 24 heavy (non-hydrogen) atoms. The number of nitrogens with zero attached hydrogens (tertiary/aromatic N) is 3. The molecule has 0 unspecified atom stereocenters. The van der Waals surface area contributed by atoms with E-state index in [1.54, 1.807) is 36.4 Å². The smallest absolute Gasteiger partial charge is 0.245 e. The van der Waals surface area contributed by atoms with Gasteiger partial charge in [0.05, 0.1) is 11.7 Å². The van der Waals surface area contributed by atoms with Crippen LogP contribution in [0.4, 0.5) is 0 Å². The standard InChI is InChI=1S/C15H14ClN3O3S2/c1-19(9-10-22-12-7-5-11(16)6-8-12)24(20,21)14-4-2-3-13-15(14)18-23-17-13/h2-8H,9-10H2,1H3. The second kappa shape index (κ2) is 7.02. The molecule has 0 aliphatic carbocycles. The molecule has 0 aliphatic heterocycles. The van der Waals surface area contributed by atoms with Crippen LogP contribution in [-0.4, -0.2) is 41.7 Å². The van der Waals surface area contributed by atoms with Crippen LogP contribution < -0.4 is 4.74 Å². The summed E-state index contributed by atoms with van der Waals surface area (Å²) in [7, 11) is -2.15. The SMILES string of the molecule is CN(CCOc1ccc(Cl)cc1)S(=O)(=O)c1cccc2nsnc12. The molecule has 0 N–H and O–H groups in total. The van der Waals surface area contributed by atoms with Crippen LogP contribution in [0.25, 0.3) is 11.0 Å². The maximum absolute atomic E-state index is 12.7. The molecular formula is C15H14ClN3O3S2. The van der Waals surface area contributed by atoms with E-state index >= 15 is 0 Å². The Morgan fingerprint density at radius 3 is 2.67 bits per heavy atom. The summed E-state index contributed by atoms with van der Waals surface area (Å²) >= 11 is 6.80. The average Bonchev–Trinajstić information content (AvgIpc) is 3.05. The second-order valence-electron chi connectivity index (χ2n) is 5.02. The average molecular weight is 384 g/mol. The van der Waals surface area contributed by atoms with Crippen LogP contribution in [0.15, 0.2) is 47.4 Å². The number of aromatic nitrogens is 2. The Kier molecular flexibility index (Phi) is 5.00. The molecule has 2 aromatic carbocycles. The predicted octanol–water partition coefficient (Wildman–Crippen LogP) is 3.04. The molecule has 0 amide bonds. The molecule has 0 saturated carbocycles. The predicted molar refractivity (Wildman–Crippen MR) is 94.2 cm³/mol. The molecule has 0 spiro atoms. The lowest BCUT2D eigenvalue weighted by atomic mass is 10.3. The van der Waals surface area contributed by atoms with Crippen LogP contribution in [0.3, 0.4) is 0 Å². The lowest BCUT2D eigenvalue weighted by molar-refractivity contribution is 0.287. The topological polar surface area (TPSA) is 72.4 Å². The van der Waals surface area contributed by atoms with Gasteiger partial charge in [-0.05, 0) is 36.4 Å². The lowest BCUT2D eigenvalue weighted by Gasteiger charge is -2.17. The summed E-state index contributed by atoms with van der Waals surface area (Å²) in [4.78, 5) is 0.155. The normalized spacial score (nSPS) is 12.0. The molecule has 0 bridgehead atoms. The number of likely N-dealkylation sites (N-methyl/N-ethyl adjacent to an activating group) is 1. The van der Waals surface area contributed by atoms with Gasteiger partial charge in [-0.1, -0.05) is 17.7 Å². The summed E-state index contributed by atoms with van der Waals surface area (Å²) in [5.41, 5.74) is 0.972. The Morgan fingerprint density at radius 1 is 1.17 bits per heavy atom. The highest BCUT2D eigenvalue weighted by atomic mass is 35.5. The number of hydrogen-bond donors (Lipinski definition) is 0. The van der Waals surface area contributed by atoms with Crippen molar-refractivity contribution in [3.63, 3.8) is 0 Å². The summed E-state index contributed by atoms with van der Waals surface area (Å²) in [6.45, 7) is 0.432. The number of hydrogen-bond acceptors (Lipinski definition) is 6. The monoisotopic (exact) mass is 383 g/mol. The van der Waals surface area contributed by atoms with E-state index in [4.69, 9.17) is 16.3 Å². The first kappa shape index (κ1) is 17.1. The molecule has 1 aromatic heterocycles. The molecule has 3 aromatic rings. The van der Waals surface area contributed by atoms with Gasteiger partial charge >= 0.3 is 0 Å². The van der Waals surface area contributed by atoms with E-state index in [1.165, 1.54) is 17.4 Å². The van der Waals surface area contributed by atoms with Gasteiger partial charge in [0, 0.05) is 18.6 Å². The van der Waals surface area contributed by atoms with Crippen LogP contribution in [0.2, 0.25) is 5.02 Å². The fraction of sp³-hybridized carbons (Fsp3) is 0.200. The maximum atomic E-state index is 12.7. The lowest BCUT2D eigenvalue weighted by Crippen LogP contribution is -2.31. The molecular weight excluding hydrogens is 370 g/mol. The van der Waals surface area contributed by atoms with Crippen molar-refractivity contribution in [3.8, 4) is 5.75 Å². The van der Waals surface area contributed by atoms with Gasteiger partial charge in [0.15, 0.2) is 0 Å². The number of sulfonamides is 1. The fourth-order valence-corrected chi connectivity index (χ4v) is 4.13. The highest BCUT2D eigenvalue weighted by Crippen LogP contribution is 2.23. The molecule has 0 fully saturated rings. The first-order valence-electron chi connectivity index (χ1n) is 7.04. The van der Waals surface area contributed by atoms with Crippen molar-refractivity contribution in [2.45, 2.75) is 4.90 Å². The Balaban J connectivity index is 1.70. The van der Waals surface area contributed by atoms with Crippen molar-refractivity contribution in [1.82, 2.24) is 13.1 Å². The highest BCUT2D eigenvalue weighted by molar-refractivity contribution is 7.89. The fourth-order valence-electron chi connectivity index (χ4n) is 2.10. The molecule has 126 valence electrons. The van der Waals surface area contributed by atoms with Gasteiger partial charge in [0.2, 0.25) is 10.0 Å². The van der Waals surface area contributed by atoms with Gasteiger partial charge in [0.25, 0.3) is 0 Å². The molecule has 0 atom stereocenters. The van der Waals surface area contributed by atoms with Gasteiger partial charge in [0.1, 0.15) is 28.3 Å². The zero-order valence-corrected chi connectivity index (χ0v) is 15.1. The summed E-state index contributed by atoms with van der Waals surface area (Å²) in [5, 5.41) is 0.618. The van der Waals surface area contributed by atoms with Crippen molar-refractivity contribution in [3.05, 3.63) is 47.5 Å². The number of fused-ring (bicyclic) bond motifs is 1. The van der Waals surface area contributed by atoms with Crippen molar-refractivity contribution in [1.29, 1.82) is 0 Å². The minimum absolute atomic E-state index is 0.155. The Bertz CT molecular complexity index is 942. The van der Waals surface area contributed by atoms with Crippen molar-refractivity contribution < 1.29 is 13.2 Å². The minimum atomic E-state index is -3.66. The van der Waals surface area contributed by atoms with Crippen LogP contribution in [-0.2, 0) is 10.0 Å². The first-order valence-corrected chi connectivity index (χ1v) is 9.59. The van der Waals surface area contributed by atoms with E-state index in [9.17, 15) is 8.42 Å². The summed E-state index contributed by atoms with van der Waals surface area (Å²) in [6, 6.07) is 11.8. The van der Waals surface area contributed by atoms with Crippen LogP contribution in [0.5, 0.6) is 5.75 Å². The second-order valence-corrected chi connectivity index (χ2v) is 8.00. The maximum Gasteiger partial charge on any atom is 0.245 e. The molecule has 6 nitrogen and oxygen atoms in total. The largest absolute Gasteiger partial charge is 0.492 e. The minimum Gasteiger partial charge on any atom is -0.492 e. The molecule has 0 radical (unpaired) electrons. The Labute approximate surface area is 149 Å². The summed E-state index contributed by atoms with van der Waals surface area (Å²) in [5.74, 6) is 0.635. The third kappa shape index (κ3) is 3.51. The summed E-state index contributed by atoms with van der Waals surface area (Å²) in [6.07, 6.45) is 0. The number of rotatable bonds is 6. The zero-order chi connectivity index (χ0) is 17.2. The Morgan fingerprint density at radius 2 is 1.92 bits per heavy atom. The van der Waals surface area contributed by atoms with Crippen LogP contribution in [0, 0.1) is 0 Å². The van der Waals surface area contributed by atoms with Gasteiger partial charge in [-0.15, -0.1) is 0 Å². The van der Waals surface area contributed by atoms with E-state index in [2.05, 4.69) is 8.75 Å². The van der Waals surface area contributed by atoms with Crippen molar-refractivity contribution in [2.24, 2.45) is 0 Å². The Hall–Kier alpha value is -1.74. The quantitative estimate of drug-likeness (QED) is 0.654. The van der Waals surface area contributed by atoms with Gasteiger partial charge in [-0.2, -0.15) is 13.1 Å². The number of halogens is 1. The zero-order valence-electron chi connectivity index (χ0n) is 12.7. The first-order chi connectivity index (χ1) is 11.5. The third-order valence-electron chi connectivity index (χ3n) is 3.43. The van der Waals surface area contributed by atoms with Gasteiger partial charge in [-0.25, -0.2) is 8.42 Å². The van der Waals surface area contributed by atoms with E-state index in [1.807, 2.05) is 0 Å². The van der Waals surface area contributed by atoms with Gasteiger partial charge in [-0.3, -0.25) is 0 Å². The van der Waals surface area contributed by atoms with Crippen molar-refractivity contribution in [2.75, 3.05) is 20.2 Å². The molecule has 3 rings (SSSR count). The van der Waals surface area contributed by atoms with Crippen LogP contribution >= 0.6 is 23.3 Å². The molecule has 0 saturated heterocycles. The van der Waals surface area contributed by atoms with Crippen LogP contribution in [0.1, 0.15) is 0 Å². The molecule has 1 heterocycles. The van der Waals surface area contributed by atoms with Gasteiger partial charge < -0.3 is 4.74 Å². The van der Waals surface area contributed by atoms with Crippen molar-refractivity contribution >= 4 is 44.4 Å². The van der Waals surface area contributed by atoms with E-state index in [0.29, 0.717) is 21.8 Å². The summed E-state index contributed by atoms with van der Waals surface area (Å²) < 4.78 is 40.4. The van der Waals surface area contributed by atoms with E-state index in [0.717, 1.165) is 11.7 Å². The number of ether oxygens (including phenoxy) is 1. The number of benzene rings is 2. The molecule has 9 heteroatoms. The van der Waals surface area contributed by atoms with E-state index in [-0.39, 0.29) is 18.0 Å².